The molecule has 0 aliphatic heterocycles. The molecule has 0 spiro atoms. The van der Waals surface area contributed by atoms with E-state index in [4.69, 9.17) is 4.74 Å². The van der Waals surface area contributed by atoms with Crippen molar-refractivity contribution in [2.45, 2.75) is 26.7 Å². The normalized spacial score (nSPS) is 10.3. The van der Waals surface area contributed by atoms with E-state index < -0.39 is 5.97 Å². The van der Waals surface area contributed by atoms with Gasteiger partial charge in [-0.25, -0.2) is 4.79 Å². The number of para-hydroxylation sites is 1. The maximum Gasteiger partial charge on any atom is 0.339 e. The SMILES string of the molecule is CCc1cccc(CC)c1NC(=O)COC(=O)c1ccccc1I. The van der Waals surface area contributed by atoms with Crippen LogP contribution >= 0.6 is 22.6 Å². The van der Waals surface area contributed by atoms with E-state index >= 15 is 0 Å². The van der Waals surface area contributed by atoms with E-state index in [1.165, 1.54) is 0 Å². The Balaban J connectivity index is 2.02. The van der Waals surface area contributed by atoms with Crippen molar-refractivity contribution in [3.05, 3.63) is 62.7 Å². The van der Waals surface area contributed by atoms with Gasteiger partial charge in [0.2, 0.25) is 0 Å². The van der Waals surface area contributed by atoms with Gasteiger partial charge in [0.25, 0.3) is 5.91 Å². The third-order valence-electron chi connectivity index (χ3n) is 3.69. The van der Waals surface area contributed by atoms with Crippen molar-refractivity contribution in [2.24, 2.45) is 0 Å². The molecular formula is C19H20INO3. The summed E-state index contributed by atoms with van der Waals surface area (Å²) in [4.78, 5) is 24.2. The first kappa shape index (κ1) is 18.4. The van der Waals surface area contributed by atoms with E-state index in [0.29, 0.717) is 5.56 Å². The zero-order valence-electron chi connectivity index (χ0n) is 13.8. The van der Waals surface area contributed by atoms with Crippen LogP contribution in [0.25, 0.3) is 0 Å². The van der Waals surface area contributed by atoms with E-state index in [1.807, 2.05) is 44.2 Å². The van der Waals surface area contributed by atoms with Crippen LogP contribution < -0.4 is 5.32 Å². The Kier molecular flexibility index (Phi) is 6.78. The summed E-state index contributed by atoms with van der Waals surface area (Å²) >= 11 is 2.07. The predicted molar refractivity (Wildman–Crippen MR) is 103 cm³/mol. The molecule has 0 aliphatic carbocycles. The van der Waals surface area contributed by atoms with Gasteiger partial charge in [-0.3, -0.25) is 4.79 Å². The van der Waals surface area contributed by atoms with Gasteiger partial charge < -0.3 is 10.1 Å². The number of nitrogens with one attached hydrogen (secondary N) is 1. The molecule has 4 nitrogen and oxygen atoms in total. The van der Waals surface area contributed by atoms with Gasteiger partial charge in [0.1, 0.15) is 0 Å². The number of anilines is 1. The number of carbonyl (C=O) groups excluding carboxylic acids is 2. The van der Waals surface area contributed by atoms with Gasteiger partial charge in [0.05, 0.1) is 5.56 Å². The summed E-state index contributed by atoms with van der Waals surface area (Å²) in [5.74, 6) is -0.820. The summed E-state index contributed by atoms with van der Waals surface area (Å²) in [6.07, 6.45) is 1.65. The number of hydrogen-bond donors (Lipinski definition) is 1. The Morgan fingerprint density at radius 1 is 1.00 bits per heavy atom. The van der Waals surface area contributed by atoms with E-state index in [-0.39, 0.29) is 12.5 Å². The van der Waals surface area contributed by atoms with Crippen molar-refractivity contribution < 1.29 is 14.3 Å². The molecule has 24 heavy (non-hydrogen) atoms. The average Bonchev–Trinajstić information content (AvgIpc) is 2.60. The van der Waals surface area contributed by atoms with Gasteiger partial charge in [-0.15, -0.1) is 0 Å². The smallest absolute Gasteiger partial charge is 0.339 e. The zero-order chi connectivity index (χ0) is 17.5. The highest BCUT2D eigenvalue weighted by Gasteiger charge is 2.14. The quantitative estimate of drug-likeness (QED) is 0.544. The van der Waals surface area contributed by atoms with Crippen LogP contribution in [0.4, 0.5) is 5.69 Å². The van der Waals surface area contributed by atoms with Gasteiger partial charge in [-0.1, -0.05) is 44.2 Å². The monoisotopic (exact) mass is 437 g/mol. The second-order valence-electron chi connectivity index (χ2n) is 5.26. The van der Waals surface area contributed by atoms with Crippen molar-refractivity contribution in [1.82, 2.24) is 0 Å². The molecule has 2 aromatic carbocycles. The first-order valence-electron chi connectivity index (χ1n) is 7.89. The number of ether oxygens (including phenoxy) is 1. The number of carbonyl (C=O) groups is 2. The van der Waals surface area contributed by atoms with Crippen LogP contribution in [0.3, 0.4) is 0 Å². The summed E-state index contributed by atoms with van der Waals surface area (Å²) in [5.41, 5.74) is 3.45. The van der Waals surface area contributed by atoms with Crippen LogP contribution in [-0.4, -0.2) is 18.5 Å². The second kappa shape index (κ2) is 8.82. The molecule has 5 heteroatoms. The predicted octanol–water partition coefficient (Wildman–Crippen LogP) is 4.21. The topological polar surface area (TPSA) is 55.4 Å². The third kappa shape index (κ3) is 4.56. The van der Waals surface area contributed by atoms with Gasteiger partial charge in [-0.05, 0) is 58.7 Å². The molecule has 0 aliphatic rings. The highest BCUT2D eigenvalue weighted by atomic mass is 127. The molecule has 0 unspecified atom stereocenters. The van der Waals surface area contributed by atoms with Crippen LogP contribution in [0.2, 0.25) is 0 Å². The van der Waals surface area contributed by atoms with Crippen LogP contribution in [0.1, 0.15) is 35.3 Å². The van der Waals surface area contributed by atoms with Crippen molar-refractivity contribution in [2.75, 3.05) is 11.9 Å². The van der Waals surface area contributed by atoms with Crippen molar-refractivity contribution in [1.29, 1.82) is 0 Å². The lowest BCUT2D eigenvalue weighted by molar-refractivity contribution is -0.119. The molecule has 0 saturated carbocycles. The summed E-state index contributed by atoms with van der Waals surface area (Å²) < 4.78 is 5.93. The molecule has 0 saturated heterocycles. The number of halogens is 1. The van der Waals surface area contributed by atoms with Gasteiger partial charge in [-0.2, -0.15) is 0 Å². The number of esters is 1. The Hall–Kier alpha value is -1.89. The molecule has 0 aromatic heterocycles. The van der Waals surface area contributed by atoms with Crippen LogP contribution in [0.5, 0.6) is 0 Å². The first-order valence-corrected chi connectivity index (χ1v) is 8.97. The standard InChI is InChI=1S/C19H20INO3/c1-3-13-8-7-9-14(4-2)18(13)21-17(22)12-24-19(23)15-10-5-6-11-16(15)20/h5-11H,3-4,12H2,1-2H3,(H,21,22). The number of benzene rings is 2. The maximum atomic E-state index is 12.2. The van der Waals surface area contributed by atoms with Gasteiger partial charge in [0, 0.05) is 9.26 Å². The molecule has 0 atom stereocenters. The summed E-state index contributed by atoms with van der Waals surface area (Å²) in [6, 6.07) is 13.1. The largest absolute Gasteiger partial charge is 0.452 e. The Labute approximate surface area is 155 Å². The zero-order valence-corrected chi connectivity index (χ0v) is 15.9. The lowest BCUT2D eigenvalue weighted by Gasteiger charge is -2.14. The van der Waals surface area contributed by atoms with E-state index in [2.05, 4.69) is 27.9 Å². The number of hydrogen-bond acceptors (Lipinski definition) is 3. The summed E-state index contributed by atoms with van der Waals surface area (Å²) in [7, 11) is 0. The second-order valence-corrected chi connectivity index (χ2v) is 6.42. The number of amides is 1. The minimum absolute atomic E-state index is 0.301. The fraction of sp³-hybridized carbons (Fsp3) is 0.263. The van der Waals surface area contributed by atoms with Crippen LogP contribution in [0, 0.1) is 3.57 Å². The van der Waals surface area contributed by atoms with Gasteiger partial charge in [0.15, 0.2) is 6.61 Å². The number of rotatable bonds is 6. The number of aryl methyl sites for hydroxylation is 2. The Bertz CT molecular complexity index is 721. The van der Waals surface area contributed by atoms with Crippen LogP contribution in [0.15, 0.2) is 42.5 Å². The van der Waals surface area contributed by atoms with E-state index in [9.17, 15) is 9.59 Å². The summed E-state index contributed by atoms with van der Waals surface area (Å²) in [6.45, 7) is 3.79. The fourth-order valence-electron chi connectivity index (χ4n) is 2.41. The third-order valence-corrected chi connectivity index (χ3v) is 4.63. The Morgan fingerprint density at radius 2 is 1.62 bits per heavy atom. The minimum Gasteiger partial charge on any atom is -0.452 e. The van der Waals surface area contributed by atoms with Crippen molar-refractivity contribution in [3.63, 3.8) is 0 Å². The average molecular weight is 437 g/mol. The molecule has 2 rings (SSSR count). The molecule has 1 amide bonds. The lowest BCUT2D eigenvalue weighted by atomic mass is 10.0. The molecule has 126 valence electrons. The molecular weight excluding hydrogens is 417 g/mol. The highest BCUT2D eigenvalue weighted by molar-refractivity contribution is 14.1. The Morgan fingerprint density at radius 3 is 2.21 bits per heavy atom. The van der Waals surface area contributed by atoms with Crippen molar-refractivity contribution in [3.8, 4) is 0 Å². The molecule has 0 bridgehead atoms. The summed E-state index contributed by atoms with van der Waals surface area (Å²) in [5, 5.41) is 2.88. The first-order chi connectivity index (χ1) is 11.6. The lowest BCUT2D eigenvalue weighted by Crippen LogP contribution is -2.22. The molecule has 1 N–H and O–H groups in total. The van der Waals surface area contributed by atoms with E-state index in [1.54, 1.807) is 12.1 Å². The van der Waals surface area contributed by atoms with Gasteiger partial charge >= 0.3 is 5.97 Å². The molecule has 0 heterocycles. The molecule has 2 aromatic rings. The van der Waals surface area contributed by atoms with Crippen molar-refractivity contribution >= 4 is 40.2 Å². The molecule has 0 fully saturated rings. The maximum absolute atomic E-state index is 12.2. The molecule has 0 radical (unpaired) electrons. The van der Waals surface area contributed by atoms with E-state index in [0.717, 1.165) is 33.2 Å². The van der Waals surface area contributed by atoms with Crippen LogP contribution in [-0.2, 0) is 22.4 Å². The fourth-order valence-corrected chi connectivity index (χ4v) is 3.02. The highest BCUT2D eigenvalue weighted by Crippen LogP contribution is 2.22. The minimum atomic E-state index is -0.491.